The molecule has 1 aromatic rings. The number of rotatable bonds is 3. The smallest absolute Gasteiger partial charge is 0.0511 e. The molecule has 1 aliphatic rings. The Hall–Kier alpha value is -0.190. The van der Waals surface area contributed by atoms with E-state index in [1.165, 1.54) is 21.5 Å². The maximum absolute atomic E-state index is 3.72. The Kier molecular flexibility index (Phi) is 4.98. The molecular formula is C14H21BrN2S. The summed E-state index contributed by atoms with van der Waals surface area (Å²) in [5, 5.41) is 4.00. The molecule has 1 aromatic carbocycles. The third-order valence-electron chi connectivity index (χ3n) is 3.49. The van der Waals surface area contributed by atoms with Crippen molar-refractivity contribution in [1.82, 2.24) is 5.32 Å². The molecule has 0 bridgehead atoms. The van der Waals surface area contributed by atoms with Crippen molar-refractivity contribution in [2.24, 2.45) is 0 Å². The van der Waals surface area contributed by atoms with Crippen molar-refractivity contribution in [1.29, 1.82) is 0 Å². The molecule has 0 saturated carbocycles. The summed E-state index contributed by atoms with van der Waals surface area (Å²) in [5.41, 5.74) is 2.65. The van der Waals surface area contributed by atoms with E-state index in [0.717, 1.165) is 18.3 Å². The van der Waals surface area contributed by atoms with E-state index < -0.39 is 0 Å². The van der Waals surface area contributed by atoms with Crippen LogP contribution < -0.4 is 10.2 Å². The third-order valence-corrected chi connectivity index (χ3v) is 5.26. The Morgan fingerprint density at radius 3 is 2.89 bits per heavy atom. The highest BCUT2D eigenvalue weighted by Gasteiger charge is 2.19. The van der Waals surface area contributed by atoms with E-state index in [9.17, 15) is 0 Å². The number of nitrogens with one attached hydrogen (secondary N) is 1. The summed E-state index contributed by atoms with van der Waals surface area (Å²) >= 11 is 5.79. The molecule has 2 rings (SSSR count). The van der Waals surface area contributed by atoms with Crippen molar-refractivity contribution >= 4 is 33.4 Å². The number of nitrogens with zero attached hydrogens (tertiary/aromatic N) is 1. The lowest BCUT2D eigenvalue weighted by Gasteiger charge is -2.33. The predicted molar refractivity (Wildman–Crippen MR) is 85.7 cm³/mol. The first kappa shape index (κ1) is 14.2. The predicted octanol–water partition coefficient (Wildman–Crippen LogP) is 3.67. The number of thioether (sulfide) groups is 1. The molecule has 1 saturated heterocycles. The van der Waals surface area contributed by atoms with Gasteiger partial charge in [-0.2, -0.15) is 11.8 Å². The molecular weight excluding hydrogens is 308 g/mol. The van der Waals surface area contributed by atoms with E-state index in [1.54, 1.807) is 0 Å². The van der Waals surface area contributed by atoms with E-state index in [4.69, 9.17) is 0 Å². The maximum atomic E-state index is 3.72. The minimum absolute atomic E-state index is 0.395. The largest absolute Gasteiger partial charge is 0.369 e. The van der Waals surface area contributed by atoms with Crippen LogP contribution in [0, 0.1) is 0 Å². The monoisotopic (exact) mass is 328 g/mol. The lowest BCUT2D eigenvalue weighted by Crippen LogP contribution is -2.36. The molecule has 1 fully saturated rings. The van der Waals surface area contributed by atoms with Gasteiger partial charge in [0, 0.05) is 34.6 Å². The summed E-state index contributed by atoms with van der Waals surface area (Å²) in [5.74, 6) is 1.22. The molecule has 2 atom stereocenters. The highest BCUT2D eigenvalue weighted by molar-refractivity contribution is 9.10. The van der Waals surface area contributed by atoms with Crippen molar-refractivity contribution in [3.8, 4) is 0 Å². The van der Waals surface area contributed by atoms with Gasteiger partial charge in [-0.3, -0.25) is 0 Å². The van der Waals surface area contributed by atoms with Crippen LogP contribution in [0.2, 0.25) is 0 Å². The highest BCUT2D eigenvalue weighted by Crippen LogP contribution is 2.32. The molecule has 18 heavy (non-hydrogen) atoms. The number of hydrogen-bond acceptors (Lipinski definition) is 3. The lowest BCUT2D eigenvalue weighted by molar-refractivity contribution is 0.651. The second kappa shape index (κ2) is 6.31. The minimum Gasteiger partial charge on any atom is -0.369 e. The van der Waals surface area contributed by atoms with Gasteiger partial charge in [0.2, 0.25) is 0 Å². The normalized spacial score (nSPS) is 22.0. The number of benzene rings is 1. The van der Waals surface area contributed by atoms with Gasteiger partial charge in [0.25, 0.3) is 0 Å². The molecule has 1 heterocycles. The van der Waals surface area contributed by atoms with Gasteiger partial charge >= 0.3 is 0 Å². The molecule has 1 aliphatic heterocycles. The fourth-order valence-electron chi connectivity index (χ4n) is 2.25. The van der Waals surface area contributed by atoms with Crippen LogP contribution in [0.1, 0.15) is 25.5 Å². The Labute approximate surface area is 123 Å². The molecule has 2 nitrogen and oxygen atoms in total. The van der Waals surface area contributed by atoms with E-state index in [2.05, 4.69) is 70.0 Å². The van der Waals surface area contributed by atoms with Crippen LogP contribution in [0.5, 0.6) is 0 Å². The van der Waals surface area contributed by atoms with Gasteiger partial charge in [-0.25, -0.2) is 0 Å². The topological polar surface area (TPSA) is 15.3 Å². The van der Waals surface area contributed by atoms with Gasteiger partial charge in [0.1, 0.15) is 0 Å². The Bertz CT molecular complexity index is 411. The summed E-state index contributed by atoms with van der Waals surface area (Å²) in [4.78, 5) is 2.49. The molecule has 1 N–H and O–H groups in total. The maximum Gasteiger partial charge on any atom is 0.0511 e. The Balaban J connectivity index is 2.19. The summed E-state index contributed by atoms with van der Waals surface area (Å²) in [6.45, 7) is 6.78. The van der Waals surface area contributed by atoms with E-state index in [1.807, 2.05) is 7.05 Å². The molecule has 100 valence electrons. The van der Waals surface area contributed by atoms with Crippen LogP contribution >= 0.6 is 27.7 Å². The summed E-state index contributed by atoms with van der Waals surface area (Å²) < 4.78 is 1.21. The zero-order chi connectivity index (χ0) is 13.1. The van der Waals surface area contributed by atoms with Gasteiger partial charge in [0.15, 0.2) is 0 Å². The molecule has 0 aromatic heterocycles. The Morgan fingerprint density at radius 1 is 1.50 bits per heavy atom. The van der Waals surface area contributed by atoms with E-state index >= 15 is 0 Å². The average Bonchev–Trinajstić information content (AvgIpc) is 2.37. The highest BCUT2D eigenvalue weighted by atomic mass is 79.9. The van der Waals surface area contributed by atoms with Crippen LogP contribution in [0.3, 0.4) is 0 Å². The first-order valence-electron chi connectivity index (χ1n) is 6.45. The molecule has 0 radical (unpaired) electrons. The Morgan fingerprint density at radius 2 is 2.28 bits per heavy atom. The quantitative estimate of drug-likeness (QED) is 0.911. The van der Waals surface area contributed by atoms with Gasteiger partial charge in [-0.1, -0.05) is 13.0 Å². The van der Waals surface area contributed by atoms with Gasteiger partial charge < -0.3 is 10.2 Å². The van der Waals surface area contributed by atoms with Crippen molar-refractivity contribution in [3.63, 3.8) is 0 Å². The first-order chi connectivity index (χ1) is 8.61. The van der Waals surface area contributed by atoms with Gasteiger partial charge in [-0.15, -0.1) is 0 Å². The van der Waals surface area contributed by atoms with E-state index in [0.29, 0.717) is 6.04 Å². The second-order valence-electron chi connectivity index (χ2n) is 4.85. The summed E-state index contributed by atoms with van der Waals surface area (Å²) in [6, 6.07) is 7.11. The molecule has 2 unspecified atom stereocenters. The third kappa shape index (κ3) is 3.22. The van der Waals surface area contributed by atoms with Gasteiger partial charge in [0.05, 0.1) is 5.69 Å². The SMILES string of the molecule is CNC(C)c1ccc(N2CCSC(C)C2)c(Br)c1. The summed E-state index contributed by atoms with van der Waals surface area (Å²) in [6.07, 6.45) is 0. The van der Waals surface area contributed by atoms with Gasteiger partial charge in [-0.05, 0) is 47.6 Å². The average molecular weight is 329 g/mol. The van der Waals surface area contributed by atoms with Crippen LogP contribution in [-0.2, 0) is 0 Å². The standard InChI is InChI=1S/C14H21BrN2S/c1-10-9-17(6-7-18-10)14-5-4-12(8-13(14)15)11(2)16-3/h4-5,8,10-11,16H,6-7,9H2,1-3H3. The number of halogens is 1. The van der Waals surface area contributed by atoms with Crippen LogP contribution in [-0.4, -0.2) is 31.1 Å². The van der Waals surface area contributed by atoms with Crippen molar-refractivity contribution in [2.45, 2.75) is 25.1 Å². The fourth-order valence-corrected chi connectivity index (χ4v) is 3.91. The van der Waals surface area contributed by atoms with Crippen molar-refractivity contribution in [3.05, 3.63) is 28.2 Å². The fraction of sp³-hybridized carbons (Fsp3) is 0.571. The molecule has 4 heteroatoms. The minimum atomic E-state index is 0.395. The van der Waals surface area contributed by atoms with Crippen molar-refractivity contribution in [2.75, 3.05) is 30.8 Å². The van der Waals surface area contributed by atoms with Crippen molar-refractivity contribution < 1.29 is 0 Å². The van der Waals surface area contributed by atoms with Crippen LogP contribution in [0.4, 0.5) is 5.69 Å². The molecule has 0 spiro atoms. The zero-order valence-electron chi connectivity index (χ0n) is 11.2. The first-order valence-corrected chi connectivity index (χ1v) is 8.29. The lowest BCUT2D eigenvalue weighted by atomic mass is 10.1. The second-order valence-corrected chi connectivity index (χ2v) is 7.25. The van der Waals surface area contributed by atoms with E-state index in [-0.39, 0.29) is 0 Å². The van der Waals surface area contributed by atoms with Crippen LogP contribution in [0.15, 0.2) is 22.7 Å². The zero-order valence-corrected chi connectivity index (χ0v) is 13.6. The molecule has 0 amide bonds. The number of hydrogen-bond donors (Lipinski definition) is 1. The number of anilines is 1. The van der Waals surface area contributed by atoms with Crippen LogP contribution in [0.25, 0.3) is 0 Å². The summed E-state index contributed by atoms with van der Waals surface area (Å²) in [7, 11) is 2.00. The molecule has 0 aliphatic carbocycles.